The molecule has 6 nitrogen and oxygen atoms in total. The molecule has 2 aromatic rings. The first-order valence-corrected chi connectivity index (χ1v) is 10.9. The number of carbonyl (C=O) groups is 1. The van der Waals surface area contributed by atoms with Crippen LogP contribution in [0.15, 0.2) is 24.3 Å². The predicted molar refractivity (Wildman–Crippen MR) is 113 cm³/mol. The van der Waals surface area contributed by atoms with E-state index in [0.29, 0.717) is 6.54 Å². The van der Waals surface area contributed by atoms with Crippen molar-refractivity contribution in [3.05, 3.63) is 34.8 Å². The van der Waals surface area contributed by atoms with E-state index in [1.54, 1.807) is 18.4 Å². The summed E-state index contributed by atoms with van der Waals surface area (Å²) in [5.74, 6) is 1.68. The minimum absolute atomic E-state index is 0.0731. The standard InChI is InChI=1S/C21H28N4O2S/c1-15-6-7-18-19(12-15)28-21(22-18)23-20(26)14-24-8-10-25(11-9-24)16-4-3-5-17(13-16)27-2/h3-5,13,15H,6-12,14H2,1-2H3,(H,22,23,26)/p+1/t15-/m1/s1. The highest BCUT2D eigenvalue weighted by Crippen LogP contribution is 2.32. The number of methoxy groups -OCH3 is 1. The maximum atomic E-state index is 12.5. The molecule has 150 valence electrons. The van der Waals surface area contributed by atoms with Gasteiger partial charge in [0.1, 0.15) is 5.75 Å². The molecule has 1 aromatic carbocycles. The molecule has 1 aliphatic carbocycles. The molecule has 0 bridgehead atoms. The monoisotopic (exact) mass is 401 g/mol. The van der Waals surface area contributed by atoms with Crippen LogP contribution in [0.5, 0.6) is 5.75 Å². The zero-order chi connectivity index (χ0) is 19.5. The van der Waals surface area contributed by atoms with Crippen molar-refractivity contribution in [1.82, 2.24) is 4.98 Å². The summed E-state index contributed by atoms with van der Waals surface area (Å²) in [6, 6.07) is 8.18. The fourth-order valence-electron chi connectivity index (χ4n) is 4.05. The minimum Gasteiger partial charge on any atom is -0.497 e. The summed E-state index contributed by atoms with van der Waals surface area (Å²) >= 11 is 1.66. The van der Waals surface area contributed by atoms with Gasteiger partial charge in [0, 0.05) is 16.6 Å². The summed E-state index contributed by atoms with van der Waals surface area (Å²) in [5.41, 5.74) is 2.38. The van der Waals surface area contributed by atoms with Gasteiger partial charge in [-0.2, -0.15) is 0 Å². The molecule has 1 saturated heterocycles. The van der Waals surface area contributed by atoms with Gasteiger partial charge in [-0.1, -0.05) is 13.0 Å². The largest absolute Gasteiger partial charge is 0.497 e. The van der Waals surface area contributed by atoms with Gasteiger partial charge in [-0.05, 0) is 37.3 Å². The number of amides is 1. The molecular weight excluding hydrogens is 372 g/mol. The van der Waals surface area contributed by atoms with Gasteiger partial charge in [-0.15, -0.1) is 11.3 Å². The van der Waals surface area contributed by atoms with E-state index in [0.717, 1.165) is 55.8 Å². The Morgan fingerprint density at radius 1 is 1.39 bits per heavy atom. The molecule has 1 amide bonds. The Balaban J connectivity index is 1.27. The Bertz CT molecular complexity index is 830. The Morgan fingerprint density at radius 3 is 3.00 bits per heavy atom. The van der Waals surface area contributed by atoms with Crippen LogP contribution >= 0.6 is 11.3 Å². The summed E-state index contributed by atoms with van der Waals surface area (Å²) in [6.45, 7) is 6.59. The third-order valence-electron chi connectivity index (χ3n) is 5.73. The Morgan fingerprint density at radius 2 is 2.21 bits per heavy atom. The van der Waals surface area contributed by atoms with E-state index in [4.69, 9.17) is 4.74 Å². The Kier molecular flexibility index (Phi) is 5.82. The van der Waals surface area contributed by atoms with Crippen molar-refractivity contribution in [2.24, 2.45) is 5.92 Å². The van der Waals surface area contributed by atoms with E-state index in [9.17, 15) is 4.79 Å². The second-order valence-electron chi connectivity index (χ2n) is 7.90. The number of benzene rings is 1. The molecule has 0 unspecified atom stereocenters. The Hall–Kier alpha value is -2.12. The van der Waals surface area contributed by atoms with Gasteiger partial charge in [0.25, 0.3) is 5.91 Å². The van der Waals surface area contributed by atoms with Gasteiger partial charge < -0.3 is 14.5 Å². The molecule has 1 aromatic heterocycles. The van der Waals surface area contributed by atoms with E-state index >= 15 is 0 Å². The van der Waals surface area contributed by atoms with E-state index in [1.807, 2.05) is 12.1 Å². The number of hydrogen-bond donors (Lipinski definition) is 2. The highest BCUT2D eigenvalue weighted by Gasteiger charge is 2.24. The second-order valence-corrected chi connectivity index (χ2v) is 8.98. The number of nitrogens with zero attached hydrogens (tertiary/aromatic N) is 2. The zero-order valence-corrected chi connectivity index (χ0v) is 17.5. The maximum Gasteiger partial charge on any atom is 0.281 e. The van der Waals surface area contributed by atoms with Crippen LogP contribution in [-0.4, -0.2) is 50.7 Å². The SMILES string of the molecule is COc1cccc(N2CC[NH+](CC(=O)Nc3nc4c(s3)C[C@H](C)CC4)CC2)c1. The van der Waals surface area contributed by atoms with Crippen LogP contribution in [0.3, 0.4) is 0 Å². The van der Waals surface area contributed by atoms with Crippen LogP contribution in [0.1, 0.15) is 23.9 Å². The number of fused-ring (bicyclic) bond motifs is 1. The van der Waals surface area contributed by atoms with Crippen LogP contribution in [0.2, 0.25) is 0 Å². The lowest BCUT2D eigenvalue weighted by molar-refractivity contribution is -0.892. The van der Waals surface area contributed by atoms with Crippen LogP contribution in [0, 0.1) is 5.92 Å². The molecule has 28 heavy (non-hydrogen) atoms. The number of piperazine rings is 1. The lowest BCUT2D eigenvalue weighted by atomic mass is 9.93. The summed E-state index contributed by atoms with van der Waals surface area (Å²) in [7, 11) is 1.69. The first-order valence-electron chi connectivity index (χ1n) is 10.1. The van der Waals surface area contributed by atoms with Crippen molar-refractivity contribution in [3.8, 4) is 5.75 Å². The van der Waals surface area contributed by atoms with Gasteiger partial charge in [-0.25, -0.2) is 4.98 Å². The minimum atomic E-state index is 0.0731. The molecule has 1 fully saturated rings. The van der Waals surface area contributed by atoms with Gasteiger partial charge in [0.15, 0.2) is 11.7 Å². The highest BCUT2D eigenvalue weighted by molar-refractivity contribution is 7.15. The molecule has 0 radical (unpaired) electrons. The van der Waals surface area contributed by atoms with Gasteiger partial charge in [0.05, 0.1) is 39.0 Å². The highest BCUT2D eigenvalue weighted by atomic mass is 32.1. The smallest absolute Gasteiger partial charge is 0.281 e. The number of aromatic nitrogens is 1. The molecule has 0 saturated carbocycles. The third kappa shape index (κ3) is 4.47. The molecule has 1 atom stereocenters. The van der Waals surface area contributed by atoms with Crippen molar-refractivity contribution in [3.63, 3.8) is 0 Å². The van der Waals surface area contributed by atoms with Gasteiger partial charge >= 0.3 is 0 Å². The van der Waals surface area contributed by atoms with Crippen molar-refractivity contribution < 1.29 is 14.4 Å². The molecule has 1 aliphatic heterocycles. The van der Waals surface area contributed by atoms with E-state index in [-0.39, 0.29) is 5.91 Å². The lowest BCUT2D eigenvalue weighted by Crippen LogP contribution is -3.15. The molecule has 2 heterocycles. The van der Waals surface area contributed by atoms with Crippen molar-refractivity contribution >= 4 is 28.1 Å². The first kappa shape index (κ1) is 19.2. The van der Waals surface area contributed by atoms with E-state index in [2.05, 4.69) is 34.3 Å². The van der Waals surface area contributed by atoms with Crippen LogP contribution in [0.4, 0.5) is 10.8 Å². The number of hydrogen-bond acceptors (Lipinski definition) is 5. The number of rotatable bonds is 5. The average Bonchev–Trinajstić information content (AvgIpc) is 3.09. The number of aryl methyl sites for hydroxylation is 1. The summed E-state index contributed by atoms with van der Waals surface area (Å²) < 4.78 is 5.32. The van der Waals surface area contributed by atoms with Crippen LogP contribution < -0.4 is 19.9 Å². The maximum absolute atomic E-state index is 12.5. The molecular formula is C21H29N4O2S+. The van der Waals surface area contributed by atoms with Crippen molar-refractivity contribution in [2.75, 3.05) is 50.1 Å². The lowest BCUT2D eigenvalue weighted by Gasteiger charge is -2.33. The third-order valence-corrected chi connectivity index (χ3v) is 6.77. The normalized spacial score (nSPS) is 19.9. The molecule has 0 spiro atoms. The second kappa shape index (κ2) is 8.49. The zero-order valence-electron chi connectivity index (χ0n) is 16.7. The predicted octanol–water partition coefficient (Wildman–Crippen LogP) is 1.62. The summed E-state index contributed by atoms with van der Waals surface area (Å²) in [5, 5.41) is 3.81. The fraction of sp³-hybridized carbons (Fsp3) is 0.524. The first-order chi connectivity index (χ1) is 13.6. The number of nitrogens with one attached hydrogen (secondary N) is 2. The average molecular weight is 402 g/mol. The van der Waals surface area contributed by atoms with Crippen molar-refractivity contribution in [1.29, 1.82) is 0 Å². The van der Waals surface area contributed by atoms with Crippen LogP contribution in [0.25, 0.3) is 0 Å². The number of carbonyl (C=O) groups excluding carboxylic acids is 1. The molecule has 7 heteroatoms. The fourth-order valence-corrected chi connectivity index (χ4v) is 5.24. The molecule has 2 aliphatic rings. The van der Waals surface area contributed by atoms with Crippen molar-refractivity contribution in [2.45, 2.75) is 26.2 Å². The Labute approximate surface area is 170 Å². The van der Waals surface area contributed by atoms with Gasteiger partial charge in [-0.3, -0.25) is 10.1 Å². The number of quaternary nitrogens is 1. The topological polar surface area (TPSA) is 58.9 Å². The number of anilines is 2. The molecule has 2 N–H and O–H groups in total. The van der Waals surface area contributed by atoms with E-state index in [1.165, 1.54) is 27.6 Å². The molecule has 4 rings (SSSR count). The number of ether oxygens (including phenoxy) is 1. The summed E-state index contributed by atoms with van der Waals surface area (Å²) in [6.07, 6.45) is 3.34. The quantitative estimate of drug-likeness (QED) is 0.799. The van der Waals surface area contributed by atoms with Crippen LogP contribution in [-0.2, 0) is 17.6 Å². The number of thiazole rings is 1. The van der Waals surface area contributed by atoms with Gasteiger partial charge in [0.2, 0.25) is 0 Å². The van der Waals surface area contributed by atoms with E-state index < -0.39 is 0 Å². The summed E-state index contributed by atoms with van der Waals surface area (Å²) in [4.78, 5) is 22.2.